The Morgan fingerprint density at radius 2 is 1.94 bits per heavy atom. The molecular weight excluding hydrogens is 486 g/mol. The van der Waals surface area contributed by atoms with Gasteiger partial charge in [0, 0.05) is 17.1 Å². The minimum absolute atomic E-state index is 0.0624. The number of fused-ring (bicyclic) bond motifs is 1. The lowest BCUT2D eigenvalue weighted by Crippen LogP contribution is -2.44. The molecule has 1 atom stereocenters. The number of methoxy groups -OCH3 is 1. The van der Waals surface area contributed by atoms with E-state index in [2.05, 4.69) is 9.88 Å². The molecular formula is C28H31ClF2N2O3. The number of aliphatic carboxylic acids is 1. The number of halogens is 3. The van der Waals surface area contributed by atoms with Gasteiger partial charge in [-0.1, -0.05) is 23.7 Å². The number of nitrogens with zero attached hydrogens (tertiary/aromatic N) is 2. The molecule has 36 heavy (non-hydrogen) atoms. The molecule has 1 fully saturated rings. The minimum Gasteiger partial charge on any atom is -0.497 e. The van der Waals surface area contributed by atoms with Crippen LogP contribution in [0.1, 0.15) is 49.4 Å². The lowest BCUT2D eigenvalue weighted by molar-refractivity contribution is -0.153. The first-order chi connectivity index (χ1) is 17.3. The summed E-state index contributed by atoms with van der Waals surface area (Å²) in [5.74, 6) is -0.531. The lowest BCUT2D eigenvalue weighted by Gasteiger charge is -2.39. The van der Waals surface area contributed by atoms with Crippen LogP contribution < -0.4 is 4.74 Å². The fourth-order valence-electron chi connectivity index (χ4n) is 5.09. The zero-order valence-electron chi connectivity index (χ0n) is 20.4. The van der Waals surface area contributed by atoms with Crippen LogP contribution in [0.5, 0.6) is 5.75 Å². The van der Waals surface area contributed by atoms with Crippen LogP contribution in [0.3, 0.4) is 0 Å². The van der Waals surface area contributed by atoms with Crippen molar-refractivity contribution in [3.63, 3.8) is 0 Å². The monoisotopic (exact) mass is 516 g/mol. The van der Waals surface area contributed by atoms with Gasteiger partial charge in [0.25, 0.3) is 0 Å². The third kappa shape index (κ3) is 5.95. The maximum Gasteiger partial charge on any atom is 0.309 e. The van der Waals surface area contributed by atoms with Gasteiger partial charge in [-0.2, -0.15) is 0 Å². The van der Waals surface area contributed by atoms with Crippen molar-refractivity contribution in [2.45, 2.75) is 44.7 Å². The van der Waals surface area contributed by atoms with Crippen molar-refractivity contribution >= 4 is 28.5 Å². The number of carboxylic acid groups (broad SMARTS) is 1. The second kappa shape index (κ2) is 11.5. The average Bonchev–Trinajstić information content (AvgIpc) is 2.88. The topological polar surface area (TPSA) is 62.7 Å². The molecule has 4 rings (SSSR count). The molecule has 0 bridgehead atoms. The number of pyridine rings is 1. The number of benzene rings is 2. The molecule has 1 N–H and O–H groups in total. The number of rotatable bonds is 10. The number of ether oxygens (including phenoxy) is 1. The number of carbonyl (C=O) groups is 1. The summed E-state index contributed by atoms with van der Waals surface area (Å²) in [6.07, 6.45) is 3.03. The van der Waals surface area contributed by atoms with Crippen LogP contribution in [0.2, 0.25) is 5.02 Å². The van der Waals surface area contributed by atoms with Gasteiger partial charge in [0.1, 0.15) is 17.7 Å². The van der Waals surface area contributed by atoms with Gasteiger partial charge in [-0.05, 0) is 94.1 Å². The van der Waals surface area contributed by atoms with E-state index in [4.69, 9.17) is 16.3 Å². The predicted octanol–water partition coefficient (Wildman–Crippen LogP) is 6.63. The molecule has 1 aliphatic rings. The molecule has 0 saturated carbocycles. The molecule has 3 aromatic rings. The zero-order valence-corrected chi connectivity index (χ0v) is 21.1. The molecule has 0 radical (unpaired) electrons. The molecule has 0 amide bonds. The van der Waals surface area contributed by atoms with Crippen molar-refractivity contribution in [2.24, 2.45) is 5.41 Å². The molecule has 8 heteroatoms. The third-order valence-electron chi connectivity index (χ3n) is 7.38. The van der Waals surface area contributed by atoms with Crippen LogP contribution >= 0.6 is 11.6 Å². The molecule has 5 nitrogen and oxygen atoms in total. The fraction of sp³-hybridized carbons (Fsp3) is 0.429. The lowest BCUT2D eigenvalue weighted by atomic mass is 9.74. The first kappa shape index (κ1) is 26.3. The van der Waals surface area contributed by atoms with Crippen LogP contribution in [0.4, 0.5) is 8.78 Å². The maximum absolute atomic E-state index is 15.6. The van der Waals surface area contributed by atoms with Crippen molar-refractivity contribution in [3.8, 4) is 5.75 Å². The van der Waals surface area contributed by atoms with Gasteiger partial charge in [0.05, 0.1) is 23.1 Å². The van der Waals surface area contributed by atoms with Gasteiger partial charge < -0.3 is 14.7 Å². The van der Waals surface area contributed by atoms with E-state index in [1.54, 1.807) is 30.3 Å². The van der Waals surface area contributed by atoms with Crippen molar-refractivity contribution in [2.75, 3.05) is 26.7 Å². The molecule has 192 valence electrons. The van der Waals surface area contributed by atoms with E-state index in [1.165, 1.54) is 25.4 Å². The number of aromatic nitrogens is 1. The van der Waals surface area contributed by atoms with E-state index in [0.717, 1.165) is 24.9 Å². The Morgan fingerprint density at radius 1 is 1.22 bits per heavy atom. The second-order valence-electron chi connectivity index (χ2n) is 9.57. The zero-order chi connectivity index (χ0) is 25.7. The van der Waals surface area contributed by atoms with Crippen molar-refractivity contribution in [1.29, 1.82) is 0 Å². The van der Waals surface area contributed by atoms with Crippen LogP contribution in [0.15, 0.2) is 48.7 Å². The van der Waals surface area contributed by atoms with E-state index in [0.29, 0.717) is 48.1 Å². The molecule has 2 aromatic carbocycles. The highest BCUT2D eigenvalue weighted by atomic mass is 35.5. The Hall–Kier alpha value is -2.77. The molecule has 1 aliphatic heterocycles. The first-order valence-corrected chi connectivity index (χ1v) is 12.7. The standard InChI is InChI=1S/C28H31ClF2N2O3/c1-36-21-8-9-25-22(17-21)26(23(29)18-32-25)24(31)10-11-28(27(34)35)12-15-33(16-13-28)14-2-3-19-4-6-20(30)7-5-19/h4-9,17-18,24H,2-3,10-16H2,1H3,(H,34,35)/t24-/m0/s1. The van der Waals surface area contributed by atoms with Gasteiger partial charge >= 0.3 is 5.97 Å². The number of aryl methyl sites for hydroxylation is 1. The summed E-state index contributed by atoms with van der Waals surface area (Å²) in [7, 11) is 1.54. The summed E-state index contributed by atoms with van der Waals surface area (Å²) in [6, 6.07) is 11.7. The smallest absolute Gasteiger partial charge is 0.309 e. The summed E-state index contributed by atoms with van der Waals surface area (Å²) >= 11 is 6.35. The molecule has 0 spiro atoms. The van der Waals surface area contributed by atoms with Crippen molar-refractivity contribution in [1.82, 2.24) is 9.88 Å². The average molecular weight is 517 g/mol. The summed E-state index contributed by atoms with van der Waals surface area (Å²) in [5, 5.41) is 10.9. The maximum atomic E-state index is 15.6. The summed E-state index contributed by atoms with van der Waals surface area (Å²) in [4.78, 5) is 18.8. The SMILES string of the molecule is COc1ccc2ncc(Cl)c([C@@H](F)CCC3(C(=O)O)CCN(CCCc4ccc(F)cc4)CC3)c2c1. The number of hydrogen-bond donors (Lipinski definition) is 1. The Morgan fingerprint density at radius 3 is 2.61 bits per heavy atom. The van der Waals surface area contributed by atoms with Crippen LogP contribution in [0, 0.1) is 11.2 Å². The Labute approximate surface area is 215 Å². The normalized spacial score (nSPS) is 16.7. The van der Waals surface area contributed by atoms with E-state index in [-0.39, 0.29) is 23.7 Å². The third-order valence-corrected chi connectivity index (χ3v) is 7.68. The first-order valence-electron chi connectivity index (χ1n) is 12.3. The molecule has 1 aromatic heterocycles. The second-order valence-corrected chi connectivity index (χ2v) is 9.97. The van der Waals surface area contributed by atoms with Gasteiger partial charge in [0.2, 0.25) is 0 Å². The van der Waals surface area contributed by atoms with Gasteiger partial charge in [0.15, 0.2) is 0 Å². The van der Waals surface area contributed by atoms with E-state index >= 15 is 4.39 Å². The highest BCUT2D eigenvalue weighted by Gasteiger charge is 2.41. The number of piperidine rings is 1. The predicted molar refractivity (Wildman–Crippen MR) is 137 cm³/mol. The fourth-order valence-corrected chi connectivity index (χ4v) is 5.36. The number of hydrogen-bond acceptors (Lipinski definition) is 4. The molecule has 0 aliphatic carbocycles. The van der Waals surface area contributed by atoms with Gasteiger partial charge in [-0.25, -0.2) is 8.78 Å². The highest BCUT2D eigenvalue weighted by molar-refractivity contribution is 6.32. The minimum atomic E-state index is -1.42. The van der Waals surface area contributed by atoms with Crippen LogP contribution in [0.25, 0.3) is 10.9 Å². The van der Waals surface area contributed by atoms with Crippen molar-refractivity contribution in [3.05, 3.63) is 70.6 Å². The van der Waals surface area contributed by atoms with Gasteiger partial charge in [-0.15, -0.1) is 0 Å². The largest absolute Gasteiger partial charge is 0.497 e. The summed E-state index contributed by atoms with van der Waals surface area (Å²) in [5.41, 5.74) is 1.08. The number of alkyl halides is 1. The van der Waals surface area contributed by atoms with Crippen molar-refractivity contribution < 1.29 is 23.4 Å². The Bertz CT molecular complexity index is 1200. The summed E-state index contributed by atoms with van der Waals surface area (Å²) in [6.45, 7) is 2.16. The molecule has 2 heterocycles. The quantitative estimate of drug-likeness (QED) is 0.328. The van der Waals surface area contributed by atoms with Crippen LogP contribution in [-0.4, -0.2) is 47.7 Å². The molecule has 1 saturated heterocycles. The van der Waals surface area contributed by atoms with E-state index in [9.17, 15) is 14.3 Å². The highest BCUT2D eigenvalue weighted by Crippen LogP contribution is 2.42. The van der Waals surface area contributed by atoms with Gasteiger partial charge in [-0.3, -0.25) is 9.78 Å². The Kier molecular flexibility index (Phi) is 8.42. The number of likely N-dealkylation sites (tertiary alicyclic amines) is 1. The number of carboxylic acids is 1. The van der Waals surface area contributed by atoms with E-state index in [1.807, 2.05) is 0 Å². The Balaban J connectivity index is 1.37. The van der Waals surface area contributed by atoms with Crippen LogP contribution in [-0.2, 0) is 11.2 Å². The summed E-state index contributed by atoms with van der Waals surface area (Å²) < 4.78 is 33.9. The van der Waals surface area contributed by atoms with E-state index < -0.39 is 17.6 Å². The molecule has 0 unspecified atom stereocenters.